The Morgan fingerprint density at radius 2 is 2.25 bits per heavy atom. The second kappa shape index (κ2) is 6.05. The normalized spacial score (nSPS) is 14.4. The molecule has 3 rings (SSSR count). The molecule has 0 aromatic carbocycles. The summed E-state index contributed by atoms with van der Waals surface area (Å²) in [5, 5.41) is 3.45. The SMILES string of the molecule is CCn1ccnc1COc1ccc(CNC2CC2)nc1. The van der Waals surface area contributed by atoms with E-state index >= 15 is 0 Å². The summed E-state index contributed by atoms with van der Waals surface area (Å²) in [4.78, 5) is 8.69. The van der Waals surface area contributed by atoms with Crippen molar-refractivity contribution in [1.82, 2.24) is 19.9 Å². The molecule has 0 saturated heterocycles. The third-order valence-electron chi connectivity index (χ3n) is 3.46. The van der Waals surface area contributed by atoms with Gasteiger partial charge in [-0.15, -0.1) is 0 Å². The maximum Gasteiger partial charge on any atom is 0.146 e. The van der Waals surface area contributed by atoms with Gasteiger partial charge < -0.3 is 14.6 Å². The molecule has 0 radical (unpaired) electrons. The molecule has 0 unspecified atom stereocenters. The first-order valence-corrected chi connectivity index (χ1v) is 7.16. The first kappa shape index (κ1) is 13.1. The lowest BCUT2D eigenvalue weighted by Crippen LogP contribution is -2.16. The summed E-state index contributed by atoms with van der Waals surface area (Å²) in [6, 6.07) is 4.69. The van der Waals surface area contributed by atoms with Crippen LogP contribution >= 0.6 is 0 Å². The topological polar surface area (TPSA) is 52.0 Å². The fourth-order valence-corrected chi connectivity index (χ4v) is 2.05. The van der Waals surface area contributed by atoms with Crippen molar-refractivity contribution < 1.29 is 4.74 Å². The van der Waals surface area contributed by atoms with Gasteiger partial charge in [-0.05, 0) is 31.9 Å². The van der Waals surface area contributed by atoms with Crippen LogP contribution in [0, 0.1) is 0 Å². The molecule has 0 spiro atoms. The summed E-state index contributed by atoms with van der Waals surface area (Å²) in [5.41, 5.74) is 1.05. The van der Waals surface area contributed by atoms with Crippen LogP contribution in [0.2, 0.25) is 0 Å². The summed E-state index contributed by atoms with van der Waals surface area (Å²) in [6.45, 7) is 4.31. The lowest BCUT2D eigenvalue weighted by molar-refractivity contribution is 0.288. The molecule has 0 bridgehead atoms. The van der Waals surface area contributed by atoms with Crippen LogP contribution in [0.15, 0.2) is 30.7 Å². The average molecular weight is 272 g/mol. The van der Waals surface area contributed by atoms with E-state index in [1.807, 2.05) is 18.3 Å². The van der Waals surface area contributed by atoms with Gasteiger partial charge in [0.25, 0.3) is 0 Å². The zero-order chi connectivity index (χ0) is 13.8. The molecule has 1 aliphatic carbocycles. The van der Waals surface area contributed by atoms with Gasteiger partial charge >= 0.3 is 0 Å². The molecule has 106 valence electrons. The Bertz CT molecular complexity index is 545. The van der Waals surface area contributed by atoms with Gasteiger partial charge in [0, 0.05) is 31.5 Å². The molecule has 1 fully saturated rings. The van der Waals surface area contributed by atoms with E-state index in [0.29, 0.717) is 12.6 Å². The van der Waals surface area contributed by atoms with Crippen molar-refractivity contribution in [3.8, 4) is 5.75 Å². The Balaban J connectivity index is 1.52. The number of imidazole rings is 1. The molecule has 2 aromatic heterocycles. The fourth-order valence-electron chi connectivity index (χ4n) is 2.05. The molecule has 20 heavy (non-hydrogen) atoms. The second-order valence-electron chi connectivity index (χ2n) is 5.06. The number of ether oxygens (including phenoxy) is 1. The lowest BCUT2D eigenvalue weighted by Gasteiger charge is -2.08. The van der Waals surface area contributed by atoms with Crippen LogP contribution < -0.4 is 10.1 Å². The first-order valence-electron chi connectivity index (χ1n) is 7.16. The Morgan fingerprint density at radius 1 is 1.35 bits per heavy atom. The number of hydrogen-bond donors (Lipinski definition) is 1. The van der Waals surface area contributed by atoms with E-state index in [9.17, 15) is 0 Å². The third kappa shape index (κ3) is 3.36. The monoisotopic (exact) mass is 272 g/mol. The number of aryl methyl sites for hydroxylation is 1. The van der Waals surface area contributed by atoms with E-state index in [1.54, 1.807) is 12.4 Å². The highest BCUT2D eigenvalue weighted by Crippen LogP contribution is 2.19. The van der Waals surface area contributed by atoms with Crippen LogP contribution in [0.1, 0.15) is 31.3 Å². The quantitative estimate of drug-likeness (QED) is 0.839. The van der Waals surface area contributed by atoms with Gasteiger partial charge in [0.2, 0.25) is 0 Å². The van der Waals surface area contributed by atoms with Gasteiger partial charge in [0.1, 0.15) is 18.2 Å². The van der Waals surface area contributed by atoms with Crippen molar-refractivity contribution >= 4 is 0 Å². The molecular weight excluding hydrogens is 252 g/mol. The summed E-state index contributed by atoms with van der Waals surface area (Å²) in [5.74, 6) is 1.72. The molecule has 2 heterocycles. The largest absolute Gasteiger partial charge is 0.484 e. The maximum atomic E-state index is 5.72. The Labute approximate surface area is 119 Å². The van der Waals surface area contributed by atoms with E-state index in [-0.39, 0.29) is 0 Å². The van der Waals surface area contributed by atoms with Crippen LogP contribution in [0.25, 0.3) is 0 Å². The van der Waals surface area contributed by atoms with Crippen molar-refractivity contribution in [2.24, 2.45) is 0 Å². The predicted octanol–water partition coefficient (Wildman–Crippen LogP) is 2.13. The highest BCUT2D eigenvalue weighted by Gasteiger charge is 2.20. The van der Waals surface area contributed by atoms with E-state index in [1.165, 1.54) is 12.8 Å². The number of pyridine rings is 1. The van der Waals surface area contributed by atoms with Crippen molar-refractivity contribution in [3.63, 3.8) is 0 Å². The smallest absolute Gasteiger partial charge is 0.146 e. The maximum absolute atomic E-state index is 5.72. The highest BCUT2D eigenvalue weighted by atomic mass is 16.5. The van der Waals surface area contributed by atoms with Crippen LogP contribution in [0.5, 0.6) is 5.75 Å². The van der Waals surface area contributed by atoms with Gasteiger partial charge in [-0.25, -0.2) is 4.98 Å². The van der Waals surface area contributed by atoms with Gasteiger partial charge in [-0.1, -0.05) is 0 Å². The molecule has 0 aliphatic heterocycles. The van der Waals surface area contributed by atoms with E-state index in [4.69, 9.17) is 4.74 Å². The molecule has 2 aromatic rings. The standard InChI is InChI=1S/C15H20N4O/c1-2-19-8-7-16-15(19)11-20-14-6-5-13(18-10-14)9-17-12-3-4-12/h5-8,10,12,17H,2-4,9,11H2,1H3. The van der Waals surface area contributed by atoms with E-state index < -0.39 is 0 Å². The van der Waals surface area contributed by atoms with Gasteiger partial charge in [-0.3, -0.25) is 4.98 Å². The molecule has 1 N–H and O–H groups in total. The third-order valence-corrected chi connectivity index (χ3v) is 3.46. The summed E-state index contributed by atoms with van der Waals surface area (Å²) >= 11 is 0. The Kier molecular flexibility index (Phi) is 3.97. The molecular formula is C15H20N4O. The summed E-state index contributed by atoms with van der Waals surface area (Å²) in [7, 11) is 0. The zero-order valence-electron chi connectivity index (χ0n) is 11.7. The molecule has 5 heteroatoms. The van der Waals surface area contributed by atoms with Crippen molar-refractivity contribution in [3.05, 3.63) is 42.2 Å². The summed E-state index contributed by atoms with van der Waals surface area (Å²) in [6.07, 6.45) is 8.14. The van der Waals surface area contributed by atoms with Gasteiger partial charge in [0.05, 0.1) is 11.9 Å². The van der Waals surface area contributed by atoms with Gasteiger partial charge in [-0.2, -0.15) is 0 Å². The average Bonchev–Trinajstić information content (AvgIpc) is 3.21. The zero-order valence-corrected chi connectivity index (χ0v) is 11.7. The number of aromatic nitrogens is 3. The predicted molar refractivity (Wildman–Crippen MR) is 76.3 cm³/mol. The number of nitrogens with zero attached hydrogens (tertiary/aromatic N) is 3. The lowest BCUT2D eigenvalue weighted by atomic mass is 10.3. The van der Waals surface area contributed by atoms with E-state index in [0.717, 1.165) is 30.4 Å². The second-order valence-corrected chi connectivity index (χ2v) is 5.06. The molecule has 5 nitrogen and oxygen atoms in total. The minimum absolute atomic E-state index is 0.474. The van der Waals surface area contributed by atoms with Crippen LogP contribution in [0.4, 0.5) is 0 Å². The number of rotatable bonds is 7. The number of nitrogens with one attached hydrogen (secondary N) is 1. The highest BCUT2D eigenvalue weighted by molar-refractivity contribution is 5.20. The van der Waals surface area contributed by atoms with E-state index in [2.05, 4.69) is 26.8 Å². The van der Waals surface area contributed by atoms with Crippen LogP contribution in [-0.4, -0.2) is 20.6 Å². The van der Waals surface area contributed by atoms with Crippen molar-refractivity contribution in [2.45, 2.75) is 45.5 Å². The first-order chi connectivity index (χ1) is 9.85. The molecule has 0 atom stereocenters. The Hall–Kier alpha value is -1.88. The van der Waals surface area contributed by atoms with Crippen molar-refractivity contribution in [2.75, 3.05) is 0 Å². The number of hydrogen-bond acceptors (Lipinski definition) is 4. The Morgan fingerprint density at radius 3 is 2.95 bits per heavy atom. The molecule has 1 saturated carbocycles. The minimum Gasteiger partial charge on any atom is -0.484 e. The van der Waals surface area contributed by atoms with Gasteiger partial charge in [0.15, 0.2) is 0 Å². The summed E-state index contributed by atoms with van der Waals surface area (Å²) < 4.78 is 7.79. The fraction of sp³-hybridized carbons (Fsp3) is 0.467. The minimum atomic E-state index is 0.474. The molecule has 0 amide bonds. The van der Waals surface area contributed by atoms with Crippen LogP contribution in [-0.2, 0) is 19.7 Å². The van der Waals surface area contributed by atoms with Crippen molar-refractivity contribution in [1.29, 1.82) is 0 Å². The molecule has 1 aliphatic rings. The van der Waals surface area contributed by atoms with Crippen LogP contribution in [0.3, 0.4) is 0 Å².